The van der Waals surface area contributed by atoms with Crippen molar-refractivity contribution < 1.29 is 4.39 Å². The zero-order valence-corrected chi connectivity index (χ0v) is 11.3. The average molecular weight is 283 g/mol. The van der Waals surface area contributed by atoms with E-state index in [0.29, 0.717) is 11.4 Å². The van der Waals surface area contributed by atoms with Crippen LogP contribution < -0.4 is 0 Å². The number of hydrogen-bond acceptors (Lipinski definition) is 0. The molecule has 0 heterocycles. The van der Waals surface area contributed by atoms with Gasteiger partial charge in [-0.1, -0.05) is 41.9 Å². The van der Waals surface area contributed by atoms with Crippen molar-refractivity contribution in [1.29, 1.82) is 0 Å². The van der Waals surface area contributed by atoms with Gasteiger partial charge in [-0.15, -0.1) is 11.6 Å². The van der Waals surface area contributed by atoms with Gasteiger partial charge in [0.1, 0.15) is 5.82 Å². The average Bonchev–Trinajstić information content (AvgIpc) is 2.40. The Morgan fingerprint density at radius 1 is 1.06 bits per heavy atom. The number of hydrogen-bond donors (Lipinski definition) is 0. The molecule has 94 valence electrons. The second kappa shape index (κ2) is 6.21. The predicted octanol–water partition coefficient (Wildman–Crippen LogP) is 5.39. The number of rotatable bonds is 4. The zero-order chi connectivity index (χ0) is 13.0. The van der Waals surface area contributed by atoms with Gasteiger partial charge in [-0.3, -0.25) is 0 Å². The van der Waals surface area contributed by atoms with E-state index in [1.807, 2.05) is 30.3 Å². The summed E-state index contributed by atoms with van der Waals surface area (Å²) in [5.41, 5.74) is 1.88. The molecule has 1 unspecified atom stereocenters. The van der Waals surface area contributed by atoms with Gasteiger partial charge in [-0.25, -0.2) is 4.39 Å². The van der Waals surface area contributed by atoms with E-state index >= 15 is 0 Å². The van der Waals surface area contributed by atoms with Crippen LogP contribution in [0.5, 0.6) is 0 Å². The standard InChI is InChI=1S/C15H13Cl2F/c16-14(11-4-2-1-3-5-11)8-6-12-10-13(18)7-9-15(12)17/h1-5,7,9-10,14H,6,8H2. The highest BCUT2D eigenvalue weighted by atomic mass is 35.5. The lowest BCUT2D eigenvalue weighted by Crippen LogP contribution is -1.95. The number of alkyl halides is 1. The predicted molar refractivity (Wildman–Crippen MR) is 74.8 cm³/mol. The SMILES string of the molecule is Fc1ccc(Cl)c(CCC(Cl)c2ccccc2)c1. The third-order valence-electron chi connectivity index (χ3n) is 2.84. The summed E-state index contributed by atoms with van der Waals surface area (Å²) in [4.78, 5) is 0. The summed E-state index contributed by atoms with van der Waals surface area (Å²) in [6.07, 6.45) is 1.40. The topological polar surface area (TPSA) is 0 Å². The Kier molecular flexibility index (Phi) is 4.62. The van der Waals surface area contributed by atoms with E-state index in [4.69, 9.17) is 23.2 Å². The Hall–Kier alpha value is -1.05. The molecule has 2 aromatic carbocycles. The molecule has 0 fully saturated rings. The lowest BCUT2D eigenvalue weighted by atomic mass is 10.0. The third-order valence-corrected chi connectivity index (χ3v) is 3.68. The number of halogens is 3. The fourth-order valence-corrected chi connectivity index (χ4v) is 2.31. The summed E-state index contributed by atoms with van der Waals surface area (Å²) in [5.74, 6) is -0.264. The molecule has 0 aromatic heterocycles. The van der Waals surface area contributed by atoms with Crippen molar-refractivity contribution in [2.75, 3.05) is 0 Å². The number of aryl methyl sites for hydroxylation is 1. The smallest absolute Gasteiger partial charge is 0.123 e. The Labute approximate surface area is 116 Å². The minimum atomic E-state index is -0.264. The molecule has 3 heteroatoms. The number of benzene rings is 2. The van der Waals surface area contributed by atoms with E-state index in [0.717, 1.165) is 17.5 Å². The molecule has 0 radical (unpaired) electrons. The second-order valence-corrected chi connectivity index (χ2v) is 5.09. The molecule has 18 heavy (non-hydrogen) atoms. The maximum absolute atomic E-state index is 13.1. The molecular formula is C15H13Cl2F. The van der Waals surface area contributed by atoms with E-state index in [-0.39, 0.29) is 11.2 Å². The first-order valence-corrected chi connectivity index (χ1v) is 6.61. The van der Waals surface area contributed by atoms with Crippen LogP contribution >= 0.6 is 23.2 Å². The summed E-state index contributed by atoms with van der Waals surface area (Å²) < 4.78 is 13.1. The Morgan fingerprint density at radius 3 is 2.50 bits per heavy atom. The summed E-state index contributed by atoms with van der Waals surface area (Å²) in [7, 11) is 0. The van der Waals surface area contributed by atoms with Crippen LogP contribution in [-0.2, 0) is 6.42 Å². The third kappa shape index (κ3) is 3.47. The van der Waals surface area contributed by atoms with Gasteiger partial charge in [0, 0.05) is 5.02 Å². The Bertz CT molecular complexity index is 511. The van der Waals surface area contributed by atoms with Crippen LogP contribution in [0.3, 0.4) is 0 Å². The van der Waals surface area contributed by atoms with Gasteiger partial charge < -0.3 is 0 Å². The molecule has 0 aliphatic rings. The highest BCUT2D eigenvalue weighted by molar-refractivity contribution is 6.31. The molecule has 0 amide bonds. The van der Waals surface area contributed by atoms with Gasteiger partial charge in [0.15, 0.2) is 0 Å². The van der Waals surface area contributed by atoms with Crippen LogP contribution in [0.1, 0.15) is 22.9 Å². The van der Waals surface area contributed by atoms with E-state index in [1.165, 1.54) is 12.1 Å². The Morgan fingerprint density at radius 2 is 1.78 bits per heavy atom. The summed E-state index contributed by atoms with van der Waals surface area (Å²) in [6, 6.07) is 14.3. The van der Waals surface area contributed by atoms with E-state index in [2.05, 4.69) is 0 Å². The van der Waals surface area contributed by atoms with Crippen molar-refractivity contribution in [3.63, 3.8) is 0 Å². The molecular weight excluding hydrogens is 270 g/mol. The van der Waals surface area contributed by atoms with Crippen molar-refractivity contribution >= 4 is 23.2 Å². The molecule has 0 saturated heterocycles. The molecule has 0 aliphatic heterocycles. The van der Waals surface area contributed by atoms with Crippen molar-refractivity contribution in [3.8, 4) is 0 Å². The minimum absolute atomic E-state index is 0.0782. The summed E-state index contributed by atoms with van der Waals surface area (Å²) in [6.45, 7) is 0. The Balaban J connectivity index is 2.01. The van der Waals surface area contributed by atoms with E-state index < -0.39 is 0 Å². The maximum atomic E-state index is 13.1. The van der Waals surface area contributed by atoms with Crippen molar-refractivity contribution in [2.24, 2.45) is 0 Å². The fraction of sp³-hybridized carbons (Fsp3) is 0.200. The van der Waals surface area contributed by atoms with Crippen molar-refractivity contribution in [2.45, 2.75) is 18.2 Å². The van der Waals surface area contributed by atoms with Crippen LogP contribution in [0.2, 0.25) is 5.02 Å². The van der Waals surface area contributed by atoms with Crippen LogP contribution in [0.15, 0.2) is 48.5 Å². The molecule has 2 rings (SSSR count). The quantitative estimate of drug-likeness (QED) is 0.660. The lowest BCUT2D eigenvalue weighted by molar-refractivity contribution is 0.624. The second-order valence-electron chi connectivity index (χ2n) is 4.15. The van der Waals surface area contributed by atoms with Crippen LogP contribution in [0.25, 0.3) is 0 Å². The first kappa shape index (κ1) is 13.4. The van der Waals surface area contributed by atoms with E-state index in [9.17, 15) is 4.39 Å². The normalized spacial score (nSPS) is 12.4. The highest BCUT2D eigenvalue weighted by Gasteiger charge is 2.09. The highest BCUT2D eigenvalue weighted by Crippen LogP contribution is 2.27. The van der Waals surface area contributed by atoms with Gasteiger partial charge in [-0.05, 0) is 42.2 Å². The monoisotopic (exact) mass is 282 g/mol. The molecule has 0 aliphatic carbocycles. The fourth-order valence-electron chi connectivity index (χ4n) is 1.85. The van der Waals surface area contributed by atoms with Crippen molar-refractivity contribution in [1.82, 2.24) is 0 Å². The minimum Gasteiger partial charge on any atom is -0.207 e. The first-order chi connectivity index (χ1) is 8.66. The molecule has 2 aromatic rings. The van der Waals surface area contributed by atoms with Gasteiger partial charge in [0.25, 0.3) is 0 Å². The van der Waals surface area contributed by atoms with Crippen LogP contribution in [0.4, 0.5) is 4.39 Å². The molecule has 0 bridgehead atoms. The summed E-state index contributed by atoms with van der Waals surface area (Å²) in [5, 5.41) is 0.513. The van der Waals surface area contributed by atoms with Gasteiger partial charge in [-0.2, -0.15) is 0 Å². The largest absolute Gasteiger partial charge is 0.207 e. The molecule has 0 nitrogen and oxygen atoms in total. The van der Waals surface area contributed by atoms with Crippen LogP contribution in [0, 0.1) is 5.82 Å². The zero-order valence-electron chi connectivity index (χ0n) is 9.74. The molecule has 0 spiro atoms. The van der Waals surface area contributed by atoms with E-state index in [1.54, 1.807) is 6.07 Å². The molecule has 1 atom stereocenters. The summed E-state index contributed by atoms with van der Waals surface area (Å²) >= 11 is 12.3. The van der Waals surface area contributed by atoms with Gasteiger partial charge >= 0.3 is 0 Å². The van der Waals surface area contributed by atoms with Crippen molar-refractivity contribution in [3.05, 3.63) is 70.5 Å². The molecule has 0 N–H and O–H groups in total. The van der Waals surface area contributed by atoms with Gasteiger partial charge in [0.2, 0.25) is 0 Å². The maximum Gasteiger partial charge on any atom is 0.123 e. The van der Waals surface area contributed by atoms with Crippen LogP contribution in [-0.4, -0.2) is 0 Å². The van der Waals surface area contributed by atoms with Gasteiger partial charge in [0.05, 0.1) is 5.38 Å². The lowest BCUT2D eigenvalue weighted by Gasteiger charge is -2.10. The first-order valence-electron chi connectivity index (χ1n) is 5.80. The molecule has 0 saturated carbocycles.